The smallest absolute Gasteiger partial charge is 0.179 e. The number of carbonyl (C=O) groups excluding carboxylic acids is 2. The molecule has 2 atom stereocenters. The van der Waals surface area contributed by atoms with Gasteiger partial charge in [0, 0.05) is 0 Å². The van der Waals surface area contributed by atoms with Gasteiger partial charge in [0.1, 0.15) is 6.10 Å². The molecule has 0 spiro atoms. The Morgan fingerprint density at radius 3 is 2.05 bits per heavy atom. The highest BCUT2D eigenvalue weighted by Crippen LogP contribution is 2.46. The van der Waals surface area contributed by atoms with Crippen LogP contribution in [0.2, 0.25) is 0 Å². The molecule has 0 aliphatic heterocycles. The minimum atomic E-state index is -1.81. The van der Waals surface area contributed by atoms with E-state index in [0.29, 0.717) is 6.42 Å². The van der Waals surface area contributed by atoms with Crippen molar-refractivity contribution in [1.82, 2.24) is 0 Å². The van der Waals surface area contributed by atoms with E-state index in [1.807, 2.05) is 6.92 Å². The number of hydrogen-bond acceptors (Lipinski definition) is 4. The molecule has 1 fully saturated rings. The van der Waals surface area contributed by atoms with E-state index in [1.54, 1.807) is 13.8 Å². The Morgan fingerprint density at radius 1 is 1.05 bits per heavy atom. The van der Waals surface area contributed by atoms with Crippen molar-refractivity contribution in [2.24, 2.45) is 10.8 Å². The van der Waals surface area contributed by atoms with Crippen LogP contribution >= 0.6 is 0 Å². The van der Waals surface area contributed by atoms with Crippen molar-refractivity contribution in [2.75, 3.05) is 0 Å². The fraction of sp³-hybridized carbons (Fsp3) is 0.867. The third kappa shape index (κ3) is 2.36. The van der Waals surface area contributed by atoms with Gasteiger partial charge in [0.2, 0.25) is 0 Å². The highest BCUT2D eigenvalue weighted by Gasteiger charge is 2.64. The first-order chi connectivity index (χ1) is 8.52. The summed E-state index contributed by atoms with van der Waals surface area (Å²) in [6, 6.07) is 0. The van der Waals surface area contributed by atoms with E-state index in [2.05, 4.69) is 0 Å². The minimum absolute atomic E-state index is 0.209. The molecule has 1 rings (SSSR count). The van der Waals surface area contributed by atoms with Gasteiger partial charge in [-0.25, -0.2) is 0 Å². The average molecular weight is 270 g/mol. The summed E-state index contributed by atoms with van der Waals surface area (Å²) in [6.45, 7) is 8.30. The van der Waals surface area contributed by atoms with Crippen LogP contribution in [-0.4, -0.2) is 33.5 Å². The molecule has 2 N–H and O–H groups in total. The van der Waals surface area contributed by atoms with Crippen LogP contribution in [0.1, 0.15) is 60.3 Å². The number of unbranched alkanes of at least 4 members (excludes halogenated alkanes) is 2. The molecule has 0 unspecified atom stereocenters. The Morgan fingerprint density at radius 2 is 1.58 bits per heavy atom. The van der Waals surface area contributed by atoms with Crippen molar-refractivity contribution in [3.8, 4) is 0 Å². The third-order valence-corrected chi connectivity index (χ3v) is 4.41. The molecule has 19 heavy (non-hydrogen) atoms. The van der Waals surface area contributed by atoms with Crippen LogP contribution < -0.4 is 0 Å². The van der Waals surface area contributed by atoms with Gasteiger partial charge in [-0.3, -0.25) is 9.59 Å². The largest absolute Gasteiger partial charge is 0.389 e. The maximum Gasteiger partial charge on any atom is 0.179 e. The van der Waals surface area contributed by atoms with E-state index in [-0.39, 0.29) is 12.2 Å². The Kier molecular flexibility index (Phi) is 4.28. The lowest BCUT2D eigenvalue weighted by atomic mass is 9.55. The molecule has 0 heterocycles. The predicted molar refractivity (Wildman–Crippen MR) is 72.7 cm³/mol. The highest BCUT2D eigenvalue weighted by molar-refractivity contribution is 6.14. The highest BCUT2D eigenvalue weighted by atomic mass is 16.4. The summed E-state index contributed by atoms with van der Waals surface area (Å²) in [5.41, 5.74) is -4.17. The van der Waals surface area contributed by atoms with Gasteiger partial charge >= 0.3 is 0 Å². The van der Waals surface area contributed by atoms with Crippen LogP contribution in [0.15, 0.2) is 0 Å². The topological polar surface area (TPSA) is 74.6 Å². The summed E-state index contributed by atoms with van der Waals surface area (Å²) >= 11 is 0. The third-order valence-electron chi connectivity index (χ3n) is 4.41. The number of carbonyl (C=O) groups is 2. The lowest BCUT2D eigenvalue weighted by molar-refractivity contribution is -0.194. The van der Waals surface area contributed by atoms with Crippen molar-refractivity contribution in [2.45, 2.75) is 72.0 Å². The zero-order valence-electron chi connectivity index (χ0n) is 12.6. The fourth-order valence-electron chi connectivity index (χ4n) is 3.19. The molecule has 0 aromatic rings. The van der Waals surface area contributed by atoms with Gasteiger partial charge < -0.3 is 10.2 Å². The van der Waals surface area contributed by atoms with Crippen LogP contribution in [0.4, 0.5) is 0 Å². The normalized spacial score (nSPS) is 33.5. The van der Waals surface area contributed by atoms with E-state index < -0.39 is 28.3 Å². The second-order valence-electron chi connectivity index (χ2n) is 6.79. The molecule has 1 aliphatic carbocycles. The number of ketones is 2. The fourth-order valence-corrected chi connectivity index (χ4v) is 3.19. The summed E-state index contributed by atoms with van der Waals surface area (Å²) in [5.74, 6) is -0.856. The van der Waals surface area contributed by atoms with Gasteiger partial charge in [0.05, 0.1) is 10.8 Å². The van der Waals surface area contributed by atoms with E-state index in [1.165, 1.54) is 13.8 Å². The van der Waals surface area contributed by atoms with Crippen molar-refractivity contribution < 1.29 is 19.8 Å². The first kappa shape index (κ1) is 16.3. The van der Waals surface area contributed by atoms with E-state index in [4.69, 9.17) is 0 Å². The van der Waals surface area contributed by atoms with E-state index in [0.717, 1.165) is 12.8 Å². The zero-order valence-corrected chi connectivity index (χ0v) is 12.6. The SMILES string of the molecule is CCCCC[C@@]1(O)C(=O)C(C)(C)C(=O)C(C)(C)[C@@H]1O. The van der Waals surface area contributed by atoms with Crippen molar-refractivity contribution in [3.63, 3.8) is 0 Å². The monoisotopic (exact) mass is 270 g/mol. The summed E-state index contributed by atoms with van der Waals surface area (Å²) in [4.78, 5) is 24.8. The molecule has 4 heteroatoms. The first-order valence-electron chi connectivity index (χ1n) is 7.03. The zero-order chi connectivity index (χ0) is 15.1. The minimum Gasteiger partial charge on any atom is -0.389 e. The van der Waals surface area contributed by atoms with Crippen molar-refractivity contribution >= 4 is 11.6 Å². The number of Topliss-reactive ketones (excluding diaryl/α,β-unsaturated/α-hetero) is 2. The lowest BCUT2D eigenvalue weighted by Crippen LogP contribution is -2.69. The number of hydrogen-bond donors (Lipinski definition) is 2. The number of rotatable bonds is 4. The average Bonchev–Trinajstić information content (AvgIpc) is 2.34. The van der Waals surface area contributed by atoms with E-state index >= 15 is 0 Å². The molecule has 0 amide bonds. The molecular formula is C15H26O4. The molecule has 0 aromatic heterocycles. The second kappa shape index (κ2) is 4.98. The standard InChI is InChI=1S/C15H26O4/c1-6-7-8-9-15(19)11(17)13(2,3)10(16)14(4,5)12(15)18/h11,17,19H,6-9H2,1-5H3/t11-,15-/m0/s1. The molecule has 1 saturated carbocycles. The van der Waals surface area contributed by atoms with Gasteiger partial charge in [-0.05, 0) is 20.3 Å². The molecular weight excluding hydrogens is 244 g/mol. The molecule has 0 bridgehead atoms. The molecule has 4 nitrogen and oxygen atoms in total. The van der Waals surface area contributed by atoms with Crippen LogP contribution in [-0.2, 0) is 9.59 Å². The Bertz CT molecular complexity index is 384. The number of aliphatic hydroxyl groups excluding tert-OH is 1. The van der Waals surface area contributed by atoms with Crippen molar-refractivity contribution in [3.05, 3.63) is 0 Å². The van der Waals surface area contributed by atoms with Crippen LogP contribution in [0, 0.1) is 10.8 Å². The lowest BCUT2D eigenvalue weighted by Gasteiger charge is -2.50. The molecule has 0 saturated heterocycles. The maximum atomic E-state index is 12.4. The molecule has 0 radical (unpaired) electrons. The Labute approximate surface area is 115 Å². The molecule has 0 aromatic carbocycles. The first-order valence-corrected chi connectivity index (χ1v) is 7.03. The second-order valence-corrected chi connectivity index (χ2v) is 6.79. The summed E-state index contributed by atoms with van der Waals surface area (Å²) in [6.07, 6.45) is 1.38. The van der Waals surface area contributed by atoms with Gasteiger partial charge in [-0.1, -0.05) is 40.0 Å². The maximum absolute atomic E-state index is 12.4. The quantitative estimate of drug-likeness (QED) is 0.604. The van der Waals surface area contributed by atoms with Gasteiger partial charge in [0.25, 0.3) is 0 Å². The molecule has 110 valence electrons. The van der Waals surface area contributed by atoms with Crippen molar-refractivity contribution in [1.29, 1.82) is 0 Å². The number of aliphatic hydroxyl groups is 2. The van der Waals surface area contributed by atoms with Gasteiger partial charge in [-0.15, -0.1) is 0 Å². The summed E-state index contributed by atoms with van der Waals surface area (Å²) < 4.78 is 0. The van der Waals surface area contributed by atoms with Gasteiger partial charge in [0.15, 0.2) is 17.2 Å². The van der Waals surface area contributed by atoms with Crippen LogP contribution in [0.3, 0.4) is 0 Å². The van der Waals surface area contributed by atoms with Gasteiger partial charge in [-0.2, -0.15) is 0 Å². The van der Waals surface area contributed by atoms with Crippen LogP contribution in [0.5, 0.6) is 0 Å². The predicted octanol–water partition coefficient (Wildman–Crippen LogP) is 1.86. The van der Waals surface area contributed by atoms with E-state index in [9.17, 15) is 19.8 Å². The van der Waals surface area contributed by atoms with Crippen LogP contribution in [0.25, 0.3) is 0 Å². The Balaban J connectivity index is 3.16. The summed E-state index contributed by atoms with van der Waals surface area (Å²) in [7, 11) is 0. The Hall–Kier alpha value is -0.740. The summed E-state index contributed by atoms with van der Waals surface area (Å²) in [5, 5.41) is 21.0. The molecule has 1 aliphatic rings.